The van der Waals surface area contributed by atoms with Gasteiger partial charge in [-0.05, 0) is 38.1 Å². The van der Waals surface area contributed by atoms with E-state index in [0.29, 0.717) is 5.56 Å². The lowest BCUT2D eigenvalue weighted by molar-refractivity contribution is 0.0526. The van der Waals surface area contributed by atoms with Gasteiger partial charge in [0.25, 0.3) is 10.0 Å². The van der Waals surface area contributed by atoms with Crippen LogP contribution in [0.1, 0.15) is 23.0 Å². The Morgan fingerprint density at radius 3 is 2.52 bits per heavy atom. The minimum absolute atomic E-state index is 0.0381. The first-order valence-corrected chi connectivity index (χ1v) is 7.72. The van der Waals surface area contributed by atoms with E-state index in [1.165, 1.54) is 24.3 Å². The Balaban J connectivity index is 2.19. The Morgan fingerprint density at radius 1 is 1.33 bits per heavy atom. The molecule has 0 unspecified atom stereocenters. The van der Waals surface area contributed by atoms with Crippen LogP contribution in [0.2, 0.25) is 0 Å². The third-order valence-corrected chi connectivity index (χ3v) is 3.99. The SMILES string of the molecule is CCOC(=O)c1ccc(S(=O)(=O)Nc2cc(C)[nH]n2)cc1. The maximum atomic E-state index is 12.1. The summed E-state index contributed by atoms with van der Waals surface area (Å²) in [5.41, 5.74) is 1.04. The monoisotopic (exact) mass is 309 g/mol. The molecule has 1 aromatic carbocycles. The van der Waals surface area contributed by atoms with Crippen molar-refractivity contribution in [3.63, 3.8) is 0 Å². The van der Waals surface area contributed by atoms with Crippen LogP contribution in [0.4, 0.5) is 5.82 Å². The second-order valence-electron chi connectivity index (χ2n) is 4.29. The molecule has 0 saturated carbocycles. The van der Waals surface area contributed by atoms with E-state index < -0.39 is 16.0 Å². The lowest BCUT2D eigenvalue weighted by Gasteiger charge is -2.06. The van der Waals surface area contributed by atoms with E-state index in [1.807, 2.05) is 0 Å². The first-order chi connectivity index (χ1) is 9.92. The Labute approximate surface area is 122 Å². The molecule has 21 heavy (non-hydrogen) atoms. The van der Waals surface area contributed by atoms with Gasteiger partial charge in [0.1, 0.15) is 0 Å². The summed E-state index contributed by atoms with van der Waals surface area (Å²) in [6.45, 7) is 3.73. The van der Waals surface area contributed by atoms with Crippen molar-refractivity contribution in [3.05, 3.63) is 41.6 Å². The number of sulfonamides is 1. The zero-order valence-corrected chi connectivity index (χ0v) is 12.4. The van der Waals surface area contributed by atoms with Crippen molar-refractivity contribution in [2.24, 2.45) is 0 Å². The van der Waals surface area contributed by atoms with Crippen molar-refractivity contribution in [1.29, 1.82) is 0 Å². The molecule has 2 rings (SSSR count). The third kappa shape index (κ3) is 3.60. The van der Waals surface area contributed by atoms with Gasteiger partial charge in [-0.3, -0.25) is 9.82 Å². The van der Waals surface area contributed by atoms with Crippen molar-refractivity contribution in [3.8, 4) is 0 Å². The minimum Gasteiger partial charge on any atom is -0.462 e. The Hall–Kier alpha value is -2.35. The summed E-state index contributed by atoms with van der Waals surface area (Å²) in [5, 5.41) is 6.45. The number of hydrogen-bond donors (Lipinski definition) is 2. The van der Waals surface area contributed by atoms with Crippen LogP contribution in [0.5, 0.6) is 0 Å². The van der Waals surface area contributed by atoms with Crippen LogP contribution >= 0.6 is 0 Å². The number of aromatic nitrogens is 2. The van der Waals surface area contributed by atoms with Gasteiger partial charge in [0, 0.05) is 11.8 Å². The zero-order chi connectivity index (χ0) is 15.5. The first kappa shape index (κ1) is 15.0. The topological polar surface area (TPSA) is 101 Å². The van der Waals surface area contributed by atoms with E-state index in [0.717, 1.165) is 5.69 Å². The number of anilines is 1. The molecule has 0 amide bonds. The smallest absolute Gasteiger partial charge is 0.338 e. The van der Waals surface area contributed by atoms with E-state index in [9.17, 15) is 13.2 Å². The number of aryl methyl sites for hydroxylation is 1. The molecule has 0 saturated heterocycles. The molecule has 0 bridgehead atoms. The molecule has 0 fully saturated rings. The van der Waals surface area contributed by atoms with Crippen LogP contribution in [0.3, 0.4) is 0 Å². The molecule has 0 spiro atoms. The van der Waals surface area contributed by atoms with Crippen LogP contribution < -0.4 is 4.72 Å². The molecule has 1 aromatic heterocycles. The lowest BCUT2D eigenvalue weighted by Crippen LogP contribution is -2.13. The molecule has 0 aliphatic heterocycles. The molecule has 7 nitrogen and oxygen atoms in total. The molecular formula is C13H15N3O4S. The Morgan fingerprint density at radius 2 is 2.00 bits per heavy atom. The molecule has 0 aliphatic rings. The molecule has 2 N–H and O–H groups in total. The van der Waals surface area contributed by atoms with Crippen molar-refractivity contribution in [2.45, 2.75) is 18.7 Å². The van der Waals surface area contributed by atoms with Crippen LogP contribution in [0.15, 0.2) is 35.2 Å². The number of ether oxygens (including phenoxy) is 1. The number of H-pyrrole nitrogens is 1. The highest BCUT2D eigenvalue weighted by Gasteiger charge is 2.16. The van der Waals surface area contributed by atoms with E-state index >= 15 is 0 Å². The molecule has 0 radical (unpaired) electrons. The number of rotatable bonds is 5. The maximum absolute atomic E-state index is 12.1. The van der Waals surface area contributed by atoms with Gasteiger partial charge in [-0.2, -0.15) is 5.10 Å². The van der Waals surface area contributed by atoms with Gasteiger partial charge in [0.15, 0.2) is 5.82 Å². The van der Waals surface area contributed by atoms with Gasteiger partial charge < -0.3 is 4.74 Å². The second kappa shape index (κ2) is 5.96. The van der Waals surface area contributed by atoms with E-state index in [-0.39, 0.29) is 17.3 Å². The maximum Gasteiger partial charge on any atom is 0.338 e. The zero-order valence-electron chi connectivity index (χ0n) is 11.6. The predicted molar refractivity (Wildman–Crippen MR) is 76.5 cm³/mol. The highest BCUT2D eigenvalue weighted by atomic mass is 32.2. The molecule has 8 heteroatoms. The Bertz CT molecular complexity index is 735. The van der Waals surface area contributed by atoms with Gasteiger partial charge >= 0.3 is 5.97 Å². The van der Waals surface area contributed by atoms with Gasteiger partial charge in [0.05, 0.1) is 17.1 Å². The summed E-state index contributed by atoms with van der Waals surface area (Å²) < 4.78 is 31.4. The lowest BCUT2D eigenvalue weighted by atomic mass is 10.2. The molecule has 0 atom stereocenters. The number of nitrogens with zero attached hydrogens (tertiary/aromatic N) is 1. The number of aromatic amines is 1. The van der Waals surface area contributed by atoms with Gasteiger partial charge in [-0.1, -0.05) is 0 Å². The average Bonchev–Trinajstić information content (AvgIpc) is 2.84. The van der Waals surface area contributed by atoms with E-state index in [2.05, 4.69) is 14.9 Å². The number of nitrogens with one attached hydrogen (secondary N) is 2. The predicted octanol–water partition coefficient (Wildman–Crippen LogP) is 1.70. The number of esters is 1. The fourth-order valence-corrected chi connectivity index (χ4v) is 2.64. The molecule has 0 aliphatic carbocycles. The van der Waals surface area contributed by atoms with Crippen molar-refractivity contribution < 1.29 is 17.9 Å². The summed E-state index contributed by atoms with van der Waals surface area (Å²) in [6.07, 6.45) is 0. The quantitative estimate of drug-likeness (QED) is 0.819. The molecule has 2 aromatic rings. The van der Waals surface area contributed by atoms with Gasteiger partial charge in [-0.25, -0.2) is 13.2 Å². The molecular weight excluding hydrogens is 294 g/mol. The third-order valence-electron chi connectivity index (χ3n) is 2.62. The first-order valence-electron chi connectivity index (χ1n) is 6.24. The van der Waals surface area contributed by atoms with Gasteiger partial charge in [-0.15, -0.1) is 0 Å². The summed E-state index contributed by atoms with van der Waals surface area (Å²) in [4.78, 5) is 11.5. The minimum atomic E-state index is -3.74. The summed E-state index contributed by atoms with van der Waals surface area (Å²) in [7, 11) is -3.74. The number of hydrogen-bond acceptors (Lipinski definition) is 5. The van der Waals surface area contributed by atoms with Crippen LogP contribution in [0, 0.1) is 6.92 Å². The van der Waals surface area contributed by atoms with E-state index in [4.69, 9.17) is 4.74 Å². The van der Waals surface area contributed by atoms with Gasteiger partial charge in [0.2, 0.25) is 0 Å². The van der Waals surface area contributed by atoms with Crippen molar-refractivity contribution >= 4 is 21.8 Å². The average molecular weight is 309 g/mol. The highest BCUT2D eigenvalue weighted by Crippen LogP contribution is 2.16. The summed E-state index contributed by atoms with van der Waals surface area (Å²) in [5.74, 6) is -0.278. The van der Waals surface area contributed by atoms with Crippen LogP contribution in [-0.4, -0.2) is 31.2 Å². The summed E-state index contributed by atoms with van der Waals surface area (Å²) in [6, 6.07) is 7.07. The number of benzene rings is 1. The second-order valence-corrected chi connectivity index (χ2v) is 5.97. The normalized spacial score (nSPS) is 11.1. The molecule has 112 valence electrons. The highest BCUT2D eigenvalue weighted by molar-refractivity contribution is 7.92. The van der Waals surface area contributed by atoms with E-state index in [1.54, 1.807) is 19.9 Å². The van der Waals surface area contributed by atoms with Crippen molar-refractivity contribution in [1.82, 2.24) is 10.2 Å². The van der Waals surface area contributed by atoms with Crippen LogP contribution in [0.25, 0.3) is 0 Å². The number of carbonyl (C=O) groups excluding carboxylic acids is 1. The largest absolute Gasteiger partial charge is 0.462 e. The molecule has 1 heterocycles. The number of carbonyl (C=O) groups is 1. The van der Waals surface area contributed by atoms with Crippen LogP contribution in [-0.2, 0) is 14.8 Å². The Kier molecular flexibility index (Phi) is 4.27. The van der Waals surface area contributed by atoms with Crippen molar-refractivity contribution in [2.75, 3.05) is 11.3 Å². The standard InChI is InChI=1S/C13H15N3O4S/c1-3-20-13(17)10-4-6-11(7-5-10)21(18,19)16-12-8-9(2)14-15-12/h4-8H,3H2,1-2H3,(H2,14,15,16). The summed E-state index contributed by atoms with van der Waals surface area (Å²) >= 11 is 0. The fraction of sp³-hybridized carbons (Fsp3) is 0.231. The fourth-order valence-electron chi connectivity index (χ4n) is 1.65.